The lowest BCUT2D eigenvalue weighted by Gasteiger charge is -2.14. The van der Waals surface area contributed by atoms with Crippen LogP contribution < -0.4 is 4.72 Å². The molecule has 1 atom stereocenters. The van der Waals surface area contributed by atoms with Gasteiger partial charge in [-0.1, -0.05) is 6.07 Å². The van der Waals surface area contributed by atoms with E-state index in [1.165, 1.54) is 37.4 Å². The van der Waals surface area contributed by atoms with Crippen LogP contribution in [-0.2, 0) is 17.2 Å². The van der Waals surface area contributed by atoms with Gasteiger partial charge in [0.1, 0.15) is 22.4 Å². The third-order valence-corrected chi connectivity index (χ3v) is 5.27. The highest BCUT2D eigenvalue weighted by Gasteiger charge is 2.33. The third-order valence-electron chi connectivity index (χ3n) is 4.18. The number of carbonyl (C=O) groups is 1. The Labute approximate surface area is 172 Å². The monoisotopic (exact) mass is 435 g/mol. The first-order valence-electron chi connectivity index (χ1n) is 8.59. The normalized spacial score (nSPS) is 12.4. The highest BCUT2D eigenvalue weighted by atomic mass is 32.2. The molecule has 10 heteroatoms. The first-order valence-corrected chi connectivity index (χ1v) is 9.74. The number of nitrogens with zero attached hydrogens (tertiary/aromatic N) is 2. The second kappa shape index (κ2) is 8.23. The maximum atomic E-state index is 13.2. The predicted molar refractivity (Wildman–Crippen MR) is 105 cm³/mol. The van der Waals surface area contributed by atoms with Crippen LogP contribution in [0.25, 0.3) is 0 Å². The summed E-state index contributed by atoms with van der Waals surface area (Å²) in [4.78, 5) is 20.6. The Hall–Kier alpha value is -3.27. The quantitative estimate of drug-likeness (QED) is 0.587. The van der Waals surface area contributed by atoms with E-state index in [2.05, 4.69) is 14.7 Å². The molecule has 0 aliphatic heterocycles. The molecule has 0 radical (unpaired) electrons. The molecule has 2 aromatic heterocycles. The molecule has 1 aromatic carbocycles. The third kappa shape index (κ3) is 4.65. The number of hydrogen-bond donors (Lipinski definition) is 2. The van der Waals surface area contributed by atoms with Gasteiger partial charge in [-0.25, -0.2) is 9.19 Å². The van der Waals surface area contributed by atoms with E-state index >= 15 is 0 Å². The number of pyridine rings is 2. The van der Waals surface area contributed by atoms with Gasteiger partial charge in [0, 0.05) is 23.5 Å². The number of halogens is 3. The molecule has 156 valence electrons. The lowest BCUT2D eigenvalue weighted by molar-refractivity contribution is -0.138. The number of aryl methyl sites for hydroxylation is 2. The fraction of sp³-hybridized carbons (Fsp3) is 0.150. The molecule has 0 aliphatic carbocycles. The first-order chi connectivity index (χ1) is 14.1. The molecule has 0 saturated carbocycles. The lowest BCUT2D eigenvalue weighted by Crippen LogP contribution is -2.14. The number of hydrogen-bond acceptors (Lipinski definition) is 5. The van der Waals surface area contributed by atoms with Gasteiger partial charge in [0.25, 0.3) is 0 Å². The van der Waals surface area contributed by atoms with Crippen LogP contribution in [-0.4, -0.2) is 25.1 Å². The molecule has 0 amide bonds. The molecule has 6 nitrogen and oxygen atoms in total. The minimum atomic E-state index is -4.60. The minimum absolute atomic E-state index is 0.00815. The van der Waals surface area contributed by atoms with Crippen LogP contribution in [0.4, 0.5) is 18.9 Å². The molecule has 2 N–H and O–H groups in total. The number of aromatic nitrogens is 2. The van der Waals surface area contributed by atoms with Gasteiger partial charge in [-0.05, 0) is 43.7 Å². The van der Waals surface area contributed by atoms with Crippen molar-refractivity contribution >= 4 is 22.5 Å². The molecule has 3 rings (SSSR count). The van der Waals surface area contributed by atoms with Crippen molar-refractivity contribution in [3.8, 4) is 5.75 Å². The lowest BCUT2D eigenvalue weighted by atomic mass is 10.1. The van der Waals surface area contributed by atoms with Crippen molar-refractivity contribution in [2.75, 3.05) is 4.72 Å². The van der Waals surface area contributed by atoms with Crippen LogP contribution in [0.15, 0.2) is 53.7 Å². The van der Waals surface area contributed by atoms with E-state index in [0.29, 0.717) is 5.69 Å². The van der Waals surface area contributed by atoms with Crippen molar-refractivity contribution in [1.29, 1.82) is 0 Å². The summed E-state index contributed by atoms with van der Waals surface area (Å²) in [5.41, 5.74) is -0.281. The number of nitrogens with one attached hydrogen (secondary N) is 1. The number of benzene rings is 1. The highest BCUT2D eigenvalue weighted by Crippen LogP contribution is 2.33. The van der Waals surface area contributed by atoms with Crippen molar-refractivity contribution in [3.63, 3.8) is 0 Å². The van der Waals surface area contributed by atoms with E-state index in [4.69, 9.17) is 0 Å². The summed E-state index contributed by atoms with van der Waals surface area (Å²) < 4.78 is 54.6. The van der Waals surface area contributed by atoms with Gasteiger partial charge in [0.15, 0.2) is 0 Å². The zero-order chi connectivity index (χ0) is 22.1. The van der Waals surface area contributed by atoms with E-state index in [0.717, 1.165) is 18.3 Å². The van der Waals surface area contributed by atoms with Gasteiger partial charge < -0.3 is 5.11 Å². The van der Waals surface area contributed by atoms with E-state index in [1.54, 1.807) is 6.92 Å². The summed E-state index contributed by atoms with van der Waals surface area (Å²) in [5.74, 6) is -0.836. The SMILES string of the molecule is Cc1cc(C(=O)c2ncc(O)cc2NS(=O)c2ccc(C)c(C(F)(F)F)c2)ccn1. The highest BCUT2D eigenvalue weighted by molar-refractivity contribution is 7.86. The molecule has 3 aromatic rings. The molecule has 0 saturated heterocycles. The number of alkyl halides is 3. The van der Waals surface area contributed by atoms with Crippen LogP contribution in [0.1, 0.15) is 32.9 Å². The fourth-order valence-corrected chi connectivity index (χ4v) is 3.61. The minimum Gasteiger partial charge on any atom is -0.506 e. The number of ketones is 1. The Morgan fingerprint density at radius 3 is 2.50 bits per heavy atom. The standard InChI is InChI=1S/C20H16F3N3O3S/c1-11-3-4-15(9-16(11)20(21,22)23)30(29)26-17-8-14(27)10-25-18(17)19(28)13-5-6-24-12(2)7-13/h3-10,26-27H,1-2H3. The second-order valence-corrected chi connectivity index (χ2v) is 7.66. The average molecular weight is 435 g/mol. The van der Waals surface area contributed by atoms with Crippen molar-refractivity contribution in [2.45, 2.75) is 24.9 Å². The van der Waals surface area contributed by atoms with Gasteiger partial charge in [-0.3, -0.25) is 14.5 Å². The number of aromatic hydroxyl groups is 1. The van der Waals surface area contributed by atoms with E-state index < -0.39 is 28.5 Å². The van der Waals surface area contributed by atoms with Crippen LogP contribution in [0.2, 0.25) is 0 Å². The van der Waals surface area contributed by atoms with Gasteiger partial charge >= 0.3 is 6.18 Å². The maximum Gasteiger partial charge on any atom is 0.416 e. The number of anilines is 1. The van der Waals surface area contributed by atoms with E-state index in [-0.39, 0.29) is 33.2 Å². The van der Waals surface area contributed by atoms with Crippen molar-refractivity contribution < 1.29 is 27.3 Å². The summed E-state index contributed by atoms with van der Waals surface area (Å²) in [6.45, 7) is 3.00. The molecule has 0 bridgehead atoms. The summed E-state index contributed by atoms with van der Waals surface area (Å²) >= 11 is 0. The Morgan fingerprint density at radius 2 is 1.83 bits per heavy atom. The van der Waals surface area contributed by atoms with E-state index in [9.17, 15) is 27.3 Å². The van der Waals surface area contributed by atoms with Crippen LogP contribution in [0.3, 0.4) is 0 Å². The van der Waals surface area contributed by atoms with Gasteiger partial charge in [-0.15, -0.1) is 0 Å². The van der Waals surface area contributed by atoms with Crippen molar-refractivity contribution in [1.82, 2.24) is 9.97 Å². The Bertz CT molecular complexity index is 1150. The van der Waals surface area contributed by atoms with Gasteiger partial charge in [-0.2, -0.15) is 13.2 Å². The van der Waals surface area contributed by atoms with Crippen LogP contribution in [0.5, 0.6) is 5.75 Å². The maximum absolute atomic E-state index is 13.2. The summed E-state index contributed by atoms with van der Waals surface area (Å²) in [5, 5.41) is 9.73. The zero-order valence-corrected chi connectivity index (χ0v) is 16.6. The summed E-state index contributed by atoms with van der Waals surface area (Å²) in [7, 11) is -2.15. The topological polar surface area (TPSA) is 92.2 Å². The largest absolute Gasteiger partial charge is 0.506 e. The summed E-state index contributed by atoms with van der Waals surface area (Å²) in [6.07, 6.45) is -2.11. The molecule has 1 unspecified atom stereocenters. The molecule has 0 aliphatic rings. The fourth-order valence-electron chi connectivity index (χ4n) is 2.72. The van der Waals surface area contributed by atoms with Gasteiger partial charge in [0.2, 0.25) is 5.78 Å². The molecular formula is C20H16F3N3O3S. The van der Waals surface area contributed by atoms with E-state index in [1.807, 2.05) is 0 Å². The van der Waals surface area contributed by atoms with Crippen molar-refractivity contribution in [3.05, 3.63) is 76.9 Å². The molecule has 0 spiro atoms. The summed E-state index contributed by atoms with van der Waals surface area (Å²) in [6, 6.07) is 7.42. The predicted octanol–water partition coefficient (Wildman–Crippen LogP) is 4.18. The molecule has 30 heavy (non-hydrogen) atoms. The average Bonchev–Trinajstić information content (AvgIpc) is 2.67. The molecule has 0 fully saturated rings. The first kappa shape index (κ1) is 21.4. The zero-order valence-electron chi connectivity index (χ0n) is 15.8. The van der Waals surface area contributed by atoms with Crippen LogP contribution in [0, 0.1) is 13.8 Å². The van der Waals surface area contributed by atoms with Gasteiger partial charge in [0.05, 0.1) is 22.3 Å². The van der Waals surface area contributed by atoms with Crippen molar-refractivity contribution in [2.24, 2.45) is 0 Å². The molecule has 2 heterocycles. The Kier molecular flexibility index (Phi) is 5.88. The Morgan fingerprint density at radius 1 is 1.10 bits per heavy atom. The second-order valence-electron chi connectivity index (χ2n) is 6.45. The van der Waals surface area contributed by atoms with Crippen LogP contribution >= 0.6 is 0 Å². The molecular weight excluding hydrogens is 419 g/mol. The number of carbonyl (C=O) groups excluding carboxylic acids is 1. The smallest absolute Gasteiger partial charge is 0.416 e. The Balaban J connectivity index is 1.97. The number of rotatable bonds is 5.